The third kappa shape index (κ3) is 4.78. The zero-order chi connectivity index (χ0) is 13.6. The van der Waals surface area contributed by atoms with Gasteiger partial charge >= 0.3 is 6.18 Å². The van der Waals surface area contributed by atoms with E-state index in [9.17, 15) is 13.2 Å². The molecule has 2 nitrogen and oxygen atoms in total. The van der Waals surface area contributed by atoms with Gasteiger partial charge in [-0.2, -0.15) is 13.2 Å². The predicted molar refractivity (Wildman–Crippen MR) is 67.7 cm³/mol. The van der Waals surface area contributed by atoms with Crippen molar-refractivity contribution in [2.45, 2.75) is 23.9 Å². The predicted octanol–water partition coefficient (Wildman–Crippen LogP) is 3.81. The molecule has 0 unspecified atom stereocenters. The van der Waals surface area contributed by atoms with Crippen LogP contribution in [0.4, 0.5) is 18.9 Å². The Hall–Kier alpha value is -0.880. The van der Waals surface area contributed by atoms with Crippen LogP contribution in [-0.4, -0.2) is 19.5 Å². The van der Waals surface area contributed by atoms with Crippen LogP contribution in [0.25, 0.3) is 0 Å². The van der Waals surface area contributed by atoms with Crippen molar-refractivity contribution in [3.8, 4) is 0 Å². The number of halogens is 3. The molecule has 0 fully saturated rings. The lowest BCUT2D eigenvalue weighted by Crippen LogP contribution is -2.05. The monoisotopic (exact) mass is 279 g/mol. The van der Waals surface area contributed by atoms with Gasteiger partial charge in [-0.25, -0.2) is 0 Å². The van der Waals surface area contributed by atoms with E-state index < -0.39 is 11.7 Å². The van der Waals surface area contributed by atoms with Crippen LogP contribution in [0, 0.1) is 0 Å². The van der Waals surface area contributed by atoms with Crippen molar-refractivity contribution in [3.63, 3.8) is 0 Å². The van der Waals surface area contributed by atoms with Gasteiger partial charge in [0.15, 0.2) is 0 Å². The van der Waals surface area contributed by atoms with E-state index in [0.717, 1.165) is 30.7 Å². The molecule has 1 aromatic carbocycles. The number of hydrogen-bond acceptors (Lipinski definition) is 3. The number of nitrogen functional groups attached to an aromatic ring is 1. The van der Waals surface area contributed by atoms with Crippen molar-refractivity contribution in [3.05, 3.63) is 23.8 Å². The fourth-order valence-corrected chi connectivity index (χ4v) is 2.35. The number of rotatable bonds is 6. The average Bonchev–Trinajstić information content (AvgIpc) is 2.29. The summed E-state index contributed by atoms with van der Waals surface area (Å²) in [5, 5.41) is 0. The van der Waals surface area contributed by atoms with Gasteiger partial charge in [-0.15, -0.1) is 11.8 Å². The third-order valence-electron chi connectivity index (χ3n) is 2.34. The van der Waals surface area contributed by atoms with Crippen LogP contribution in [0.5, 0.6) is 0 Å². The zero-order valence-corrected chi connectivity index (χ0v) is 10.9. The first-order valence-corrected chi connectivity index (χ1v) is 6.52. The number of thioether (sulfide) groups is 1. The summed E-state index contributed by atoms with van der Waals surface area (Å²) in [7, 11) is 1.64. The first-order chi connectivity index (χ1) is 8.45. The van der Waals surface area contributed by atoms with Crippen molar-refractivity contribution in [2.75, 3.05) is 25.2 Å². The van der Waals surface area contributed by atoms with Crippen molar-refractivity contribution in [1.29, 1.82) is 0 Å². The second-order valence-electron chi connectivity index (χ2n) is 3.80. The fraction of sp³-hybridized carbons (Fsp3) is 0.500. The highest BCUT2D eigenvalue weighted by molar-refractivity contribution is 7.99. The minimum absolute atomic E-state index is 0.182. The first kappa shape index (κ1) is 15.2. The summed E-state index contributed by atoms with van der Waals surface area (Å²) in [6.45, 7) is 0.697. The number of hydrogen-bond donors (Lipinski definition) is 1. The number of benzene rings is 1. The van der Waals surface area contributed by atoms with Gasteiger partial charge in [0.2, 0.25) is 0 Å². The van der Waals surface area contributed by atoms with Crippen LogP contribution in [0.15, 0.2) is 23.1 Å². The molecule has 0 atom stereocenters. The van der Waals surface area contributed by atoms with Gasteiger partial charge in [-0.1, -0.05) is 0 Å². The molecule has 1 rings (SSSR count). The molecule has 1 aromatic rings. The quantitative estimate of drug-likeness (QED) is 0.488. The summed E-state index contributed by atoms with van der Waals surface area (Å²) < 4.78 is 42.2. The van der Waals surface area contributed by atoms with Gasteiger partial charge in [0.05, 0.1) is 5.56 Å². The maximum atomic E-state index is 12.4. The summed E-state index contributed by atoms with van der Waals surface area (Å²) in [4.78, 5) is 0.695. The second kappa shape index (κ2) is 6.89. The minimum Gasteiger partial charge on any atom is -0.398 e. The van der Waals surface area contributed by atoms with E-state index in [0.29, 0.717) is 11.5 Å². The average molecular weight is 279 g/mol. The highest BCUT2D eigenvalue weighted by Gasteiger charge is 2.30. The molecular formula is C12H16F3NOS. The number of anilines is 1. The summed E-state index contributed by atoms with van der Waals surface area (Å²) >= 11 is 1.47. The van der Waals surface area contributed by atoms with Crippen molar-refractivity contribution < 1.29 is 17.9 Å². The van der Waals surface area contributed by atoms with E-state index in [1.54, 1.807) is 7.11 Å². The van der Waals surface area contributed by atoms with Crippen LogP contribution in [0.2, 0.25) is 0 Å². The largest absolute Gasteiger partial charge is 0.416 e. The number of nitrogens with two attached hydrogens (primary N) is 1. The van der Waals surface area contributed by atoms with Gasteiger partial charge < -0.3 is 10.5 Å². The maximum absolute atomic E-state index is 12.4. The van der Waals surface area contributed by atoms with E-state index in [-0.39, 0.29) is 5.69 Å². The number of methoxy groups -OCH3 is 1. The standard InChI is InChI=1S/C12H16F3NOS/c1-17-6-2-3-7-18-11-5-4-9(8-10(11)16)12(13,14)15/h4-5,8H,2-3,6-7,16H2,1H3. The van der Waals surface area contributed by atoms with Crippen LogP contribution in [0.1, 0.15) is 18.4 Å². The Morgan fingerprint density at radius 3 is 2.56 bits per heavy atom. The fourth-order valence-electron chi connectivity index (χ4n) is 1.39. The summed E-state index contributed by atoms with van der Waals surface area (Å²) in [6, 6.07) is 3.48. The minimum atomic E-state index is -4.34. The Labute approximate surface area is 109 Å². The van der Waals surface area contributed by atoms with E-state index in [2.05, 4.69) is 0 Å². The summed E-state index contributed by atoms with van der Waals surface area (Å²) in [6.07, 6.45) is -2.46. The molecular weight excluding hydrogens is 263 g/mol. The van der Waals surface area contributed by atoms with E-state index >= 15 is 0 Å². The first-order valence-electron chi connectivity index (χ1n) is 5.53. The van der Waals surface area contributed by atoms with Crippen molar-refractivity contribution >= 4 is 17.4 Å². The Bertz CT molecular complexity index is 382. The van der Waals surface area contributed by atoms with E-state index in [1.807, 2.05) is 0 Å². The second-order valence-corrected chi connectivity index (χ2v) is 4.94. The molecule has 2 N–H and O–H groups in total. The Morgan fingerprint density at radius 2 is 2.00 bits per heavy atom. The molecule has 0 saturated carbocycles. The highest BCUT2D eigenvalue weighted by Crippen LogP contribution is 2.34. The van der Waals surface area contributed by atoms with Gasteiger partial charge in [0.25, 0.3) is 0 Å². The molecule has 102 valence electrons. The van der Waals surface area contributed by atoms with Gasteiger partial charge in [0, 0.05) is 24.3 Å². The van der Waals surface area contributed by atoms with Crippen LogP contribution in [-0.2, 0) is 10.9 Å². The smallest absolute Gasteiger partial charge is 0.398 e. The molecule has 0 radical (unpaired) electrons. The van der Waals surface area contributed by atoms with E-state index in [1.165, 1.54) is 17.8 Å². The van der Waals surface area contributed by atoms with Crippen LogP contribution < -0.4 is 5.73 Å². The molecule has 18 heavy (non-hydrogen) atoms. The Morgan fingerprint density at radius 1 is 1.28 bits per heavy atom. The zero-order valence-electron chi connectivity index (χ0n) is 10.1. The molecule has 0 aromatic heterocycles. The molecule has 0 spiro atoms. The molecule has 0 heterocycles. The van der Waals surface area contributed by atoms with Gasteiger partial charge in [-0.05, 0) is 36.8 Å². The number of ether oxygens (including phenoxy) is 1. The van der Waals surface area contributed by atoms with E-state index in [4.69, 9.17) is 10.5 Å². The highest BCUT2D eigenvalue weighted by atomic mass is 32.2. The van der Waals surface area contributed by atoms with Crippen molar-refractivity contribution in [2.24, 2.45) is 0 Å². The normalized spacial score (nSPS) is 11.8. The van der Waals surface area contributed by atoms with Crippen molar-refractivity contribution in [1.82, 2.24) is 0 Å². The SMILES string of the molecule is COCCCCSc1ccc(C(F)(F)F)cc1N. The van der Waals surface area contributed by atoms with Crippen LogP contribution >= 0.6 is 11.8 Å². The molecule has 0 bridgehead atoms. The Balaban J connectivity index is 2.53. The van der Waals surface area contributed by atoms with Gasteiger partial charge in [-0.3, -0.25) is 0 Å². The summed E-state index contributed by atoms with van der Waals surface area (Å²) in [5.74, 6) is 0.818. The molecule has 6 heteroatoms. The molecule has 0 aliphatic carbocycles. The maximum Gasteiger partial charge on any atom is 0.416 e. The summed E-state index contributed by atoms with van der Waals surface area (Å²) in [5.41, 5.74) is 5.09. The molecule has 0 saturated heterocycles. The lowest BCUT2D eigenvalue weighted by molar-refractivity contribution is -0.137. The number of alkyl halides is 3. The molecule has 0 amide bonds. The lowest BCUT2D eigenvalue weighted by atomic mass is 10.2. The third-order valence-corrected chi connectivity index (χ3v) is 3.51. The molecule has 0 aliphatic rings. The number of unbranched alkanes of at least 4 members (excludes halogenated alkanes) is 1. The lowest BCUT2D eigenvalue weighted by Gasteiger charge is -2.10. The topological polar surface area (TPSA) is 35.2 Å². The molecule has 0 aliphatic heterocycles. The Kier molecular flexibility index (Phi) is 5.81. The van der Waals surface area contributed by atoms with Crippen LogP contribution in [0.3, 0.4) is 0 Å². The van der Waals surface area contributed by atoms with Gasteiger partial charge in [0.1, 0.15) is 0 Å².